The Kier molecular flexibility index (Phi) is 6.07. The van der Waals surface area contributed by atoms with Crippen LogP contribution in [0.5, 0.6) is 5.75 Å². The number of piperidine rings is 1. The summed E-state index contributed by atoms with van der Waals surface area (Å²) >= 11 is 0. The Morgan fingerprint density at radius 2 is 2.14 bits per heavy atom. The number of aliphatic imine (C=N–C) groups is 1. The van der Waals surface area contributed by atoms with E-state index in [1.54, 1.807) is 0 Å². The second-order valence-electron chi connectivity index (χ2n) is 6.31. The van der Waals surface area contributed by atoms with Crippen LogP contribution in [-0.2, 0) is 0 Å². The van der Waals surface area contributed by atoms with Gasteiger partial charge in [0, 0.05) is 18.8 Å². The molecule has 5 heteroatoms. The molecule has 0 aliphatic carbocycles. The van der Waals surface area contributed by atoms with Crippen molar-refractivity contribution in [1.82, 2.24) is 4.90 Å². The summed E-state index contributed by atoms with van der Waals surface area (Å²) in [6.07, 6.45) is 2.67. The molecule has 1 unspecified atom stereocenters. The molecular weight excluding hydrogens is 276 g/mol. The first-order chi connectivity index (χ1) is 10.5. The Morgan fingerprint density at radius 3 is 2.77 bits per heavy atom. The van der Waals surface area contributed by atoms with E-state index in [9.17, 15) is 0 Å². The first kappa shape index (κ1) is 16.6. The molecule has 3 N–H and O–H groups in total. The van der Waals surface area contributed by atoms with Gasteiger partial charge < -0.3 is 20.7 Å². The summed E-state index contributed by atoms with van der Waals surface area (Å²) in [5, 5.41) is 3.13. The number of guanidine groups is 1. The van der Waals surface area contributed by atoms with Gasteiger partial charge in [-0.3, -0.25) is 4.99 Å². The molecule has 1 heterocycles. The molecule has 1 saturated heterocycles. The SMILES string of the molecule is CC(C)Oc1ccc(NC(N)=NCC2CCCN(C)C2)cc1. The summed E-state index contributed by atoms with van der Waals surface area (Å²) in [7, 11) is 2.16. The average molecular weight is 304 g/mol. The lowest BCUT2D eigenvalue weighted by Gasteiger charge is -2.28. The van der Waals surface area contributed by atoms with E-state index in [0.717, 1.165) is 24.5 Å². The van der Waals surface area contributed by atoms with Crippen LogP contribution in [0.1, 0.15) is 26.7 Å². The maximum absolute atomic E-state index is 5.97. The molecule has 0 bridgehead atoms. The lowest BCUT2D eigenvalue weighted by Crippen LogP contribution is -2.34. The molecule has 0 saturated carbocycles. The van der Waals surface area contributed by atoms with Gasteiger partial charge in [0.1, 0.15) is 5.75 Å². The van der Waals surface area contributed by atoms with Gasteiger partial charge in [0.15, 0.2) is 5.96 Å². The van der Waals surface area contributed by atoms with Crippen molar-refractivity contribution >= 4 is 11.6 Å². The zero-order chi connectivity index (χ0) is 15.9. The fourth-order valence-corrected chi connectivity index (χ4v) is 2.73. The number of ether oxygens (including phenoxy) is 1. The third-order valence-electron chi connectivity index (χ3n) is 3.74. The molecule has 1 aromatic carbocycles. The van der Waals surface area contributed by atoms with Gasteiger partial charge in [-0.1, -0.05) is 0 Å². The number of anilines is 1. The maximum Gasteiger partial charge on any atom is 0.193 e. The number of rotatable bonds is 5. The van der Waals surface area contributed by atoms with Gasteiger partial charge in [-0.05, 0) is 70.5 Å². The molecule has 1 aliphatic heterocycles. The summed E-state index contributed by atoms with van der Waals surface area (Å²) in [6, 6.07) is 7.78. The number of nitrogens with two attached hydrogens (primary N) is 1. The molecule has 1 aliphatic rings. The van der Waals surface area contributed by atoms with Crippen LogP contribution in [0.4, 0.5) is 5.69 Å². The summed E-state index contributed by atoms with van der Waals surface area (Å²) in [6.45, 7) is 7.12. The largest absolute Gasteiger partial charge is 0.491 e. The highest BCUT2D eigenvalue weighted by molar-refractivity contribution is 5.92. The highest BCUT2D eigenvalue weighted by atomic mass is 16.5. The second kappa shape index (κ2) is 8.03. The quantitative estimate of drug-likeness (QED) is 0.648. The zero-order valence-electron chi connectivity index (χ0n) is 13.9. The zero-order valence-corrected chi connectivity index (χ0v) is 13.9. The number of benzene rings is 1. The molecule has 0 aromatic heterocycles. The fourth-order valence-electron chi connectivity index (χ4n) is 2.73. The maximum atomic E-state index is 5.97. The van der Waals surface area contributed by atoms with Gasteiger partial charge in [-0.2, -0.15) is 0 Å². The predicted octanol–water partition coefficient (Wildman–Crippen LogP) is 2.54. The van der Waals surface area contributed by atoms with Crippen molar-refractivity contribution in [2.45, 2.75) is 32.8 Å². The van der Waals surface area contributed by atoms with Crippen molar-refractivity contribution in [3.05, 3.63) is 24.3 Å². The normalized spacial score (nSPS) is 20.2. The van der Waals surface area contributed by atoms with E-state index in [4.69, 9.17) is 10.5 Å². The number of nitrogens with one attached hydrogen (secondary N) is 1. The Balaban J connectivity index is 1.82. The van der Waals surface area contributed by atoms with Crippen LogP contribution in [0, 0.1) is 5.92 Å². The van der Waals surface area contributed by atoms with Crippen molar-refractivity contribution in [3.63, 3.8) is 0 Å². The molecule has 1 aromatic rings. The van der Waals surface area contributed by atoms with Gasteiger partial charge in [0.25, 0.3) is 0 Å². The first-order valence-corrected chi connectivity index (χ1v) is 8.05. The average Bonchev–Trinajstić information content (AvgIpc) is 2.47. The van der Waals surface area contributed by atoms with Gasteiger partial charge in [-0.15, -0.1) is 0 Å². The summed E-state index contributed by atoms with van der Waals surface area (Å²) in [4.78, 5) is 6.84. The molecule has 22 heavy (non-hydrogen) atoms. The van der Waals surface area contributed by atoms with Crippen molar-refractivity contribution in [2.24, 2.45) is 16.6 Å². The minimum atomic E-state index is 0.180. The number of hydrogen-bond donors (Lipinski definition) is 2. The van der Waals surface area contributed by atoms with Crippen LogP contribution in [0.3, 0.4) is 0 Å². The molecule has 2 rings (SSSR count). The van der Waals surface area contributed by atoms with E-state index in [1.807, 2.05) is 38.1 Å². The summed E-state index contributed by atoms with van der Waals surface area (Å²) in [5.74, 6) is 1.95. The van der Waals surface area contributed by atoms with Gasteiger partial charge in [0.2, 0.25) is 0 Å². The van der Waals surface area contributed by atoms with Gasteiger partial charge >= 0.3 is 0 Å². The van der Waals surface area contributed by atoms with Crippen LogP contribution in [-0.4, -0.2) is 43.6 Å². The van der Waals surface area contributed by atoms with E-state index in [0.29, 0.717) is 11.9 Å². The molecule has 0 spiro atoms. The topological polar surface area (TPSA) is 62.9 Å². The number of hydrogen-bond acceptors (Lipinski definition) is 3. The van der Waals surface area contributed by atoms with E-state index in [1.165, 1.54) is 19.4 Å². The van der Waals surface area contributed by atoms with Crippen LogP contribution >= 0.6 is 0 Å². The van der Waals surface area contributed by atoms with Crippen LogP contribution < -0.4 is 15.8 Å². The Bertz CT molecular complexity index is 484. The second-order valence-corrected chi connectivity index (χ2v) is 6.31. The van der Waals surface area contributed by atoms with Crippen molar-refractivity contribution in [1.29, 1.82) is 0 Å². The van der Waals surface area contributed by atoms with Gasteiger partial charge in [0.05, 0.1) is 6.10 Å². The highest BCUT2D eigenvalue weighted by Crippen LogP contribution is 2.17. The monoisotopic (exact) mass is 304 g/mol. The van der Waals surface area contributed by atoms with E-state index >= 15 is 0 Å². The van der Waals surface area contributed by atoms with E-state index < -0.39 is 0 Å². The molecule has 5 nitrogen and oxygen atoms in total. The molecular formula is C17H28N4O. The van der Waals surface area contributed by atoms with E-state index in [-0.39, 0.29) is 6.10 Å². The number of likely N-dealkylation sites (tertiary alicyclic amines) is 1. The third kappa shape index (κ3) is 5.56. The van der Waals surface area contributed by atoms with Gasteiger partial charge in [-0.25, -0.2) is 0 Å². The molecule has 1 fully saturated rings. The van der Waals surface area contributed by atoms with Crippen molar-refractivity contribution in [3.8, 4) is 5.75 Å². The molecule has 122 valence electrons. The van der Waals surface area contributed by atoms with Crippen molar-refractivity contribution in [2.75, 3.05) is 32.0 Å². The third-order valence-corrected chi connectivity index (χ3v) is 3.74. The van der Waals surface area contributed by atoms with Crippen LogP contribution in [0.25, 0.3) is 0 Å². The molecule has 1 atom stereocenters. The molecule has 0 amide bonds. The van der Waals surface area contributed by atoms with Crippen LogP contribution in [0.15, 0.2) is 29.3 Å². The van der Waals surface area contributed by atoms with Crippen LogP contribution in [0.2, 0.25) is 0 Å². The standard InChI is InChI=1S/C17H28N4O/c1-13(2)22-16-8-6-15(7-9-16)20-17(18)19-11-14-5-4-10-21(3)12-14/h6-9,13-14H,4-5,10-12H2,1-3H3,(H3,18,19,20). The number of nitrogens with zero attached hydrogens (tertiary/aromatic N) is 2. The smallest absolute Gasteiger partial charge is 0.193 e. The first-order valence-electron chi connectivity index (χ1n) is 8.05. The molecule has 0 radical (unpaired) electrons. The Morgan fingerprint density at radius 1 is 1.41 bits per heavy atom. The lowest BCUT2D eigenvalue weighted by molar-refractivity contribution is 0.214. The predicted molar refractivity (Wildman–Crippen MR) is 92.5 cm³/mol. The summed E-state index contributed by atoms with van der Waals surface area (Å²) < 4.78 is 5.62. The minimum Gasteiger partial charge on any atom is -0.491 e. The van der Waals surface area contributed by atoms with Crippen molar-refractivity contribution < 1.29 is 4.74 Å². The highest BCUT2D eigenvalue weighted by Gasteiger charge is 2.16. The van der Waals surface area contributed by atoms with E-state index in [2.05, 4.69) is 22.3 Å². The minimum absolute atomic E-state index is 0.180. The fraction of sp³-hybridized carbons (Fsp3) is 0.588. The Hall–Kier alpha value is -1.75. The lowest BCUT2D eigenvalue weighted by atomic mass is 9.99. The Labute approximate surface area is 133 Å². The summed E-state index contributed by atoms with van der Waals surface area (Å²) in [5.41, 5.74) is 6.90.